The first-order valence-electron chi connectivity index (χ1n) is 3.61. The fourth-order valence-electron chi connectivity index (χ4n) is 0.885. The zero-order valence-electron chi connectivity index (χ0n) is 6.78. The van der Waals surface area contributed by atoms with Gasteiger partial charge in [0.2, 0.25) is 0 Å². The molecule has 3 heteroatoms. The standard InChI is InChI=1S/C8H11N3/c1-3-4-7-5-10-6-11-8(7)9-2/h4-6H,3H2,1-2H3/b7-4-,9-8?. The molecule has 0 atom stereocenters. The molecule has 11 heavy (non-hydrogen) atoms. The van der Waals surface area contributed by atoms with Gasteiger partial charge in [-0.1, -0.05) is 13.0 Å². The fraction of sp³-hybridized carbons (Fsp3) is 0.375. The molecule has 0 saturated carbocycles. The zero-order valence-corrected chi connectivity index (χ0v) is 6.78. The van der Waals surface area contributed by atoms with E-state index in [0.29, 0.717) is 0 Å². The molecule has 0 amide bonds. The lowest BCUT2D eigenvalue weighted by Gasteiger charge is -2.02. The van der Waals surface area contributed by atoms with Gasteiger partial charge >= 0.3 is 0 Å². The molecule has 0 aromatic rings. The highest BCUT2D eigenvalue weighted by molar-refractivity contribution is 6.20. The summed E-state index contributed by atoms with van der Waals surface area (Å²) >= 11 is 0. The van der Waals surface area contributed by atoms with E-state index in [-0.39, 0.29) is 0 Å². The number of rotatable bonds is 1. The molecule has 1 aliphatic heterocycles. The smallest absolute Gasteiger partial charge is 0.157 e. The van der Waals surface area contributed by atoms with E-state index in [1.165, 1.54) is 6.34 Å². The van der Waals surface area contributed by atoms with Crippen molar-refractivity contribution in [3.63, 3.8) is 0 Å². The van der Waals surface area contributed by atoms with E-state index in [4.69, 9.17) is 0 Å². The van der Waals surface area contributed by atoms with Crippen molar-refractivity contribution in [1.82, 2.24) is 0 Å². The molecule has 0 spiro atoms. The number of hydrogen-bond donors (Lipinski definition) is 0. The van der Waals surface area contributed by atoms with Gasteiger partial charge in [0.15, 0.2) is 5.84 Å². The molecule has 1 rings (SSSR count). The van der Waals surface area contributed by atoms with E-state index in [0.717, 1.165) is 17.8 Å². The van der Waals surface area contributed by atoms with Crippen LogP contribution in [0.2, 0.25) is 0 Å². The van der Waals surface area contributed by atoms with Gasteiger partial charge in [0, 0.05) is 18.8 Å². The van der Waals surface area contributed by atoms with Gasteiger partial charge < -0.3 is 0 Å². The summed E-state index contributed by atoms with van der Waals surface area (Å²) in [5, 5.41) is 0. The molecule has 0 aliphatic carbocycles. The molecule has 0 aromatic carbocycles. The van der Waals surface area contributed by atoms with Gasteiger partial charge in [0.25, 0.3) is 0 Å². The van der Waals surface area contributed by atoms with Crippen molar-refractivity contribution in [1.29, 1.82) is 0 Å². The number of amidine groups is 1. The lowest BCUT2D eigenvalue weighted by molar-refractivity contribution is 1.21. The molecule has 0 aromatic heterocycles. The normalized spacial score (nSPS) is 23.5. The lowest BCUT2D eigenvalue weighted by atomic mass is 10.2. The molecule has 0 radical (unpaired) electrons. The van der Waals surface area contributed by atoms with Crippen LogP contribution in [0.3, 0.4) is 0 Å². The van der Waals surface area contributed by atoms with Crippen LogP contribution in [0.15, 0.2) is 26.6 Å². The van der Waals surface area contributed by atoms with Crippen molar-refractivity contribution in [2.24, 2.45) is 15.0 Å². The van der Waals surface area contributed by atoms with E-state index in [2.05, 4.69) is 28.0 Å². The quantitative estimate of drug-likeness (QED) is 0.541. The maximum atomic E-state index is 4.01. The number of allylic oxidation sites excluding steroid dienone is 1. The summed E-state index contributed by atoms with van der Waals surface area (Å²) in [6, 6.07) is 0. The van der Waals surface area contributed by atoms with Crippen LogP contribution in [0.1, 0.15) is 13.3 Å². The summed E-state index contributed by atoms with van der Waals surface area (Å²) in [6.07, 6.45) is 6.33. The highest BCUT2D eigenvalue weighted by Gasteiger charge is 2.02. The zero-order chi connectivity index (χ0) is 8.10. The van der Waals surface area contributed by atoms with Gasteiger partial charge in [-0.3, -0.25) is 4.99 Å². The average Bonchev–Trinajstić information content (AvgIpc) is 2.06. The van der Waals surface area contributed by atoms with Crippen molar-refractivity contribution < 1.29 is 0 Å². The van der Waals surface area contributed by atoms with Gasteiger partial charge in [-0.05, 0) is 6.42 Å². The second kappa shape index (κ2) is 3.81. The Hall–Kier alpha value is -1.25. The van der Waals surface area contributed by atoms with E-state index < -0.39 is 0 Å². The summed E-state index contributed by atoms with van der Waals surface area (Å²) in [7, 11) is 1.73. The minimum Gasteiger partial charge on any atom is -0.270 e. The number of aliphatic imine (C=N–C) groups is 3. The van der Waals surface area contributed by atoms with Crippen LogP contribution >= 0.6 is 0 Å². The molecule has 1 heterocycles. The first-order valence-corrected chi connectivity index (χ1v) is 3.61. The first-order chi connectivity index (χ1) is 5.38. The molecule has 0 unspecified atom stereocenters. The van der Waals surface area contributed by atoms with E-state index in [9.17, 15) is 0 Å². The molecule has 0 bridgehead atoms. The highest BCUT2D eigenvalue weighted by Crippen LogP contribution is 2.01. The van der Waals surface area contributed by atoms with E-state index >= 15 is 0 Å². The predicted molar refractivity (Wildman–Crippen MR) is 48.7 cm³/mol. The Morgan fingerprint density at radius 2 is 2.45 bits per heavy atom. The molecular formula is C8H11N3. The maximum absolute atomic E-state index is 4.01. The Morgan fingerprint density at radius 1 is 1.64 bits per heavy atom. The van der Waals surface area contributed by atoms with Gasteiger partial charge in [-0.15, -0.1) is 0 Å². The topological polar surface area (TPSA) is 37.1 Å². The van der Waals surface area contributed by atoms with Crippen LogP contribution in [-0.2, 0) is 0 Å². The summed E-state index contributed by atoms with van der Waals surface area (Å²) in [4.78, 5) is 11.9. The highest BCUT2D eigenvalue weighted by atomic mass is 15.0. The minimum absolute atomic E-state index is 0.766. The average molecular weight is 149 g/mol. The Kier molecular flexibility index (Phi) is 2.72. The molecule has 0 N–H and O–H groups in total. The number of hydrogen-bond acceptors (Lipinski definition) is 2. The van der Waals surface area contributed by atoms with Crippen LogP contribution < -0.4 is 0 Å². The van der Waals surface area contributed by atoms with Gasteiger partial charge in [-0.25, -0.2) is 9.98 Å². The predicted octanol–water partition coefficient (Wildman–Crippen LogP) is 1.46. The number of nitrogens with zero attached hydrogens (tertiary/aromatic N) is 3. The Morgan fingerprint density at radius 3 is 3.09 bits per heavy atom. The molecule has 58 valence electrons. The summed E-state index contributed by atoms with van der Waals surface area (Å²) < 4.78 is 0. The van der Waals surface area contributed by atoms with Crippen LogP contribution in [0.25, 0.3) is 0 Å². The summed E-state index contributed by atoms with van der Waals surface area (Å²) in [5.74, 6) is 0.766. The Labute approximate surface area is 66.3 Å². The van der Waals surface area contributed by atoms with Crippen LogP contribution in [0, 0.1) is 0 Å². The van der Waals surface area contributed by atoms with Gasteiger partial charge in [0.1, 0.15) is 6.34 Å². The molecule has 3 nitrogen and oxygen atoms in total. The molecule has 0 fully saturated rings. The summed E-state index contributed by atoms with van der Waals surface area (Å²) in [5.41, 5.74) is 1.01. The van der Waals surface area contributed by atoms with Crippen molar-refractivity contribution in [3.05, 3.63) is 11.6 Å². The van der Waals surface area contributed by atoms with Crippen molar-refractivity contribution in [2.45, 2.75) is 13.3 Å². The van der Waals surface area contributed by atoms with Crippen LogP contribution in [0.4, 0.5) is 0 Å². The Bertz CT molecular complexity index is 246. The fourth-order valence-corrected chi connectivity index (χ4v) is 0.885. The van der Waals surface area contributed by atoms with Gasteiger partial charge in [-0.2, -0.15) is 0 Å². The van der Waals surface area contributed by atoms with Crippen molar-refractivity contribution in [3.8, 4) is 0 Å². The van der Waals surface area contributed by atoms with Crippen molar-refractivity contribution >= 4 is 18.4 Å². The largest absolute Gasteiger partial charge is 0.270 e. The second-order valence-electron chi connectivity index (χ2n) is 2.14. The minimum atomic E-state index is 0.766. The maximum Gasteiger partial charge on any atom is 0.157 e. The first kappa shape index (κ1) is 7.85. The van der Waals surface area contributed by atoms with Gasteiger partial charge in [0.05, 0.1) is 0 Å². The van der Waals surface area contributed by atoms with Crippen molar-refractivity contribution in [2.75, 3.05) is 7.05 Å². The third kappa shape index (κ3) is 1.83. The Balaban J connectivity index is 2.88. The second-order valence-corrected chi connectivity index (χ2v) is 2.14. The molecule has 0 saturated heterocycles. The van der Waals surface area contributed by atoms with E-state index in [1.54, 1.807) is 13.3 Å². The third-order valence-corrected chi connectivity index (χ3v) is 1.35. The van der Waals surface area contributed by atoms with Crippen LogP contribution in [0.5, 0.6) is 0 Å². The lowest BCUT2D eigenvalue weighted by Crippen LogP contribution is -2.05. The third-order valence-electron chi connectivity index (χ3n) is 1.35. The monoisotopic (exact) mass is 149 g/mol. The molecule has 1 aliphatic rings. The SMILES string of the molecule is CC/C=C1/C=NC=NC1=NC. The molecular weight excluding hydrogens is 138 g/mol. The van der Waals surface area contributed by atoms with E-state index in [1.807, 2.05) is 0 Å². The summed E-state index contributed by atoms with van der Waals surface area (Å²) in [6.45, 7) is 2.08. The van der Waals surface area contributed by atoms with Crippen LogP contribution in [-0.4, -0.2) is 25.4 Å².